The van der Waals surface area contributed by atoms with Crippen LogP contribution < -0.4 is 10.6 Å². The van der Waals surface area contributed by atoms with Gasteiger partial charge in [-0.15, -0.1) is 11.3 Å². The van der Waals surface area contributed by atoms with Gasteiger partial charge in [0.25, 0.3) is 0 Å². The van der Waals surface area contributed by atoms with E-state index in [0.29, 0.717) is 5.13 Å². The first kappa shape index (κ1) is 17.4. The summed E-state index contributed by atoms with van der Waals surface area (Å²) < 4.78 is 0. The summed E-state index contributed by atoms with van der Waals surface area (Å²) >= 11 is 1.41. The van der Waals surface area contributed by atoms with Crippen LogP contribution in [0.2, 0.25) is 0 Å². The van der Waals surface area contributed by atoms with Crippen LogP contribution >= 0.6 is 11.3 Å². The van der Waals surface area contributed by atoms with Gasteiger partial charge in [0.1, 0.15) is 0 Å². The van der Waals surface area contributed by atoms with Gasteiger partial charge in [-0.2, -0.15) is 0 Å². The zero-order chi connectivity index (χ0) is 16.4. The summed E-state index contributed by atoms with van der Waals surface area (Å²) in [4.78, 5) is 28.8. The Bertz CT molecular complexity index is 550. The average Bonchev–Trinajstić information content (AvgIpc) is 2.67. The van der Waals surface area contributed by atoms with Crippen LogP contribution in [0, 0.1) is 12.3 Å². The van der Waals surface area contributed by atoms with Crippen LogP contribution in [0.3, 0.4) is 0 Å². The average molecular weight is 313 g/mol. The van der Waals surface area contributed by atoms with Gasteiger partial charge < -0.3 is 10.4 Å². The highest BCUT2D eigenvalue weighted by atomic mass is 32.1. The topological polar surface area (TPSA) is 91.3 Å². The Balaban J connectivity index is 2.79. The highest BCUT2D eigenvalue weighted by Crippen LogP contribution is 2.31. The molecule has 0 aliphatic rings. The second-order valence-corrected chi connectivity index (χ2v) is 7.21. The molecule has 0 saturated carbocycles. The zero-order valence-electron chi connectivity index (χ0n) is 13.3. The van der Waals surface area contributed by atoms with Gasteiger partial charge in [-0.05, 0) is 41.0 Å². The SMILES string of the molecule is CCc1nc(NC(=O)NC(C)(C)C(C)(C)C(=O)O)sc1C. The molecule has 0 fully saturated rings. The van der Waals surface area contributed by atoms with Gasteiger partial charge in [-0.1, -0.05) is 6.92 Å². The lowest BCUT2D eigenvalue weighted by molar-refractivity contribution is -0.150. The van der Waals surface area contributed by atoms with Crippen LogP contribution in [-0.2, 0) is 11.2 Å². The number of nitrogens with zero attached hydrogens (tertiary/aromatic N) is 1. The van der Waals surface area contributed by atoms with Crippen LogP contribution in [0.1, 0.15) is 45.2 Å². The molecule has 0 atom stereocenters. The van der Waals surface area contributed by atoms with Gasteiger partial charge in [0.05, 0.1) is 16.6 Å². The van der Waals surface area contributed by atoms with E-state index in [-0.39, 0.29) is 0 Å². The molecule has 7 heteroatoms. The number of carbonyl (C=O) groups is 2. The molecule has 1 rings (SSSR count). The lowest BCUT2D eigenvalue weighted by atomic mass is 9.74. The minimum atomic E-state index is -1.10. The number of anilines is 1. The van der Waals surface area contributed by atoms with Crippen molar-refractivity contribution in [3.05, 3.63) is 10.6 Å². The Morgan fingerprint density at radius 3 is 2.29 bits per heavy atom. The molecule has 0 aliphatic heterocycles. The van der Waals surface area contributed by atoms with Crippen molar-refractivity contribution in [3.63, 3.8) is 0 Å². The maximum atomic E-state index is 12.1. The van der Waals surface area contributed by atoms with Crippen LogP contribution in [0.5, 0.6) is 0 Å². The summed E-state index contributed by atoms with van der Waals surface area (Å²) in [5.74, 6) is -0.967. The van der Waals surface area contributed by atoms with Crippen LogP contribution in [-0.4, -0.2) is 27.6 Å². The molecular weight excluding hydrogens is 290 g/mol. The van der Waals surface area contributed by atoms with Crippen molar-refractivity contribution in [2.75, 3.05) is 5.32 Å². The third-order valence-electron chi connectivity index (χ3n) is 3.97. The van der Waals surface area contributed by atoms with Crippen molar-refractivity contribution in [3.8, 4) is 0 Å². The summed E-state index contributed by atoms with van der Waals surface area (Å²) in [5.41, 5.74) is -1.05. The van der Waals surface area contributed by atoms with E-state index in [1.807, 2.05) is 13.8 Å². The molecule has 0 spiro atoms. The van der Waals surface area contributed by atoms with Gasteiger partial charge in [0.2, 0.25) is 0 Å². The van der Waals surface area contributed by atoms with Crippen molar-refractivity contribution in [1.82, 2.24) is 10.3 Å². The van der Waals surface area contributed by atoms with Crippen molar-refractivity contribution in [1.29, 1.82) is 0 Å². The van der Waals surface area contributed by atoms with E-state index < -0.39 is 23.0 Å². The largest absolute Gasteiger partial charge is 0.481 e. The Labute approximate surface area is 129 Å². The molecule has 2 amide bonds. The maximum Gasteiger partial charge on any atom is 0.321 e. The van der Waals surface area contributed by atoms with Crippen LogP contribution in [0.25, 0.3) is 0 Å². The number of aryl methyl sites for hydroxylation is 2. The minimum Gasteiger partial charge on any atom is -0.481 e. The summed E-state index contributed by atoms with van der Waals surface area (Å²) in [6.07, 6.45) is 0.809. The highest BCUT2D eigenvalue weighted by Gasteiger charge is 2.44. The molecule has 0 unspecified atom stereocenters. The molecule has 6 nitrogen and oxygen atoms in total. The number of carboxylic acids is 1. The van der Waals surface area contributed by atoms with Crippen molar-refractivity contribution in [2.45, 2.75) is 53.5 Å². The number of rotatable bonds is 5. The third-order valence-corrected chi connectivity index (χ3v) is 4.90. The fourth-order valence-electron chi connectivity index (χ4n) is 1.65. The Morgan fingerprint density at radius 1 is 1.29 bits per heavy atom. The molecule has 0 aliphatic carbocycles. The number of carboxylic acid groups (broad SMARTS) is 1. The quantitative estimate of drug-likeness (QED) is 0.779. The lowest BCUT2D eigenvalue weighted by Crippen LogP contribution is -2.57. The molecule has 118 valence electrons. The normalized spacial score (nSPS) is 12.1. The molecule has 0 bridgehead atoms. The molecular formula is C14H23N3O3S. The van der Waals surface area contributed by atoms with E-state index in [4.69, 9.17) is 0 Å². The number of hydrogen-bond donors (Lipinski definition) is 3. The Kier molecular flexibility index (Phi) is 4.99. The second kappa shape index (κ2) is 6.01. The summed E-state index contributed by atoms with van der Waals surface area (Å²) in [6, 6.07) is -0.453. The van der Waals surface area contributed by atoms with Crippen LogP contribution in [0.15, 0.2) is 0 Å². The van der Waals surface area contributed by atoms with Crippen molar-refractivity contribution < 1.29 is 14.7 Å². The molecule has 1 heterocycles. The maximum absolute atomic E-state index is 12.1. The van der Waals surface area contributed by atoms with Gasteiger partial charge in [0.15, 0.2) is 5.13 Å². The molecule has 0 radical (unpaired) electrons. The summed E-state index contributed by atoms with van der Waals surface area (Å²) in [5, 5.41) is 15.2. The van der Waals surface area contributed by atoms with Gasteiger partial charge >= 0.3 is 12.0 Å². The molecule has 0 saturated heterocycles. The second-order valence-electron chi connectivity index (χ2n) is 6.01. The standard InChI is InChI=1S/C14H23N3O3S/c1-7-9-8(2)21-12(15-9)16-11(20)17-14(5,6)13(3,4)10(18)19/h7H2,1-6H3,(H,18,19)(H2,15,16,17,20). The van der Waals surface area contributed by atoms with E-state index in [1.54, 1.807) is 27.7 Å². The number of aromatic nitrogens is 1. The molecule has 1 aromatic rings. The summed E-state index contributed by atoms with van der Waals surface area (Å²) in [7, 11) is 0. The van der Waals surface area contributed by atoms with E-state index >= 15 is 0 Å². The number of aliphatic carboxylic acids is 1. The molecule has 21 heavy (non-hydrogen) atoms. The Morgan fingerprint density at radius 2 is 1.86 bits per heavy atom. The number of nitrogens with one attached hydrogen (secondary N) is 2. The molecule has 1 aromatic heterocycles. The van der Waals surface area contributed by atoms with Crippen molar-refractivity contribution >= 4 is 28.5 Å². The predicted octanol–water partition coefficient (Wildman–Crippen LogP) is 3.02. The van der Waals surface area contributed by atoms with E-state index in [9.17, 15) is 14.7 Å². The van der Waals surface area contributed by atoms with Gasteiger partial charge in [0, 0.05) is 4.88 Å². The number of urea groups is 1. The van der Waals surface area contributed by atoms with Gasteiger partial charge in [-0.25, -0.2) is 9.78 Å². The van der Waals surface area contributed by atoms with E-state index in [0.717, 1.165) is 17.0 Å². The fraction of sp³-hybridized carbons (Fsp3) is 0.643. The Hall–Kier alpha value is -1.63. The first-order valence-corrected chi connectivity index (χ1v) is 7.61. The number of amides is 2. The smallest absolute Gasteiger partial charge is 0.321 e. The minimum absolute atomic E-state index is 0.453. The number of thiazole rings is 1. The van der Waals surface area contributed by atoms with Crippen LogP contribution in [0.4, 0.5) is 9.93 Å². The first-order chi connectivity index (χ1) is 9.51. The summed E-state index contributed by atoms with van der Waals surface area (Å²) in [6.45, 7) is 10.5. The number of hydrogen-bond acceptors (Lipinski definition) is 4. The first-order valence-electron chi connectivity index (χ1n) is 6.80. The third kappa shape index (κ3) is 3.72. The molecule has 3 N–H and O–H groups in total. The number of carbonyl (C=O) groups excluding carboxylic acids is 1. The zero-order valence-corrected chi connectivity index (χ0v) is 14.1. The highest BCUT2D eigenvalue weighted by molar-refractivity contribution is 7.15. The molecule has 0 aromatic carbocycles. The van der Waals surface area contributed by atoms with Gasteiger partial charge in [-0.3, -0.25) is 10.1 Å². The monoisotopic (exact) mass is 313 g/mol. The lowest BCUT2D eigenvalue weighted by Gasteiger charge is -2.38. The van der Waals surface area contributed by atoms with E-state index in [1.165, 1.54) is 11.3 Å². The van der Waals surface area contributed by atoms with Crippen molar-refractivity contribution in [2.24, 2.45) is 5.41 Å². The fourth-order valence-corrected chi connectivity index (χ4v) is 2.54. The van der Waals surface area contributed by atoms with E-state index in [2.05, 4.69) is 15.6 Å². The predicted molar refractivity (Wildman–Crippen MR) is 83.9 cm³/mol.